The first-order valence-corrected chi connectivity index (χ1v) is 13.3. The van der Waals surface area contributed by atoms with Gasteiger partial charge in [-0.1, -0.05) is 78.9 Å². The first-order chi connectivity index (χ1) is 18.5. The zero-order valence-corrected chi connectivity index (χ0v) is 21.5. The predicted octanol–water partition coefficient (Wildman–Crippen LogP) is 6.37. The monoisotopic (exact) mass is 521 g/mol. The number of carbonyl (C=O) groups excluding carboxylic acids is 1. The molecule has 0 radical (unpaired) electrons. The molecule has 5 aromatic rings. The van der Waals surface area contributed by atoms with E-state index in [0.717, 1.165) is 22.0 Å². The minimum atomic E-state index is -0.940. The number of benzene rings is 4. The number of hydrogen-bond donors (Lipinski definition) is 2. The Morgan fingerprint density at radius 1 is 0.816 bits per heavy atom. The highest BCUT2D eigenvalue weighted by atomic mass is 32.1. The summed E-state index contributed by atoms with van der Waals surface area (Å²) < 4.78 is 0. The van der Waals surface area contributed by atoms with Crippen molar-refractivity contribution in [3.8, 4) is 11.3 Å². The molecule has 4 aromatic carbocycles. The van der Waals surface area contributed by atoms with E-state index in [0.29, 0.717) is 18.7 Å². The van der Waals surface area contributed by atoms with Crippen LogP contribution in [0.4, 0.5) is 5.13 Å². The second-order valence-electron chi connectivity index (χ2n) is 9.02. The quantitative estimate of drug-likeness (QED) is 0.223. The van der Waals surface area contributed by atoms with Gasteiger partial charge in [-0.2, -0.15) is 0 Å². The van der Waals surface area contributed by atoms with Gasteiger partial charge in [0, 0.05) is 36.1 Å². The Bertz CT molecular complexity index is 1550. The van der Waals surface area contributed by atoms with Gasteiger partial charge in [0.15, 0.2) is 5.13 Å². The molecule has 1 aromatic heterocycles. The fraction of sp³-hybridized carbons (Fsp3) is 0.129. The van der Waals surface area contributed by atoms with Gasteiger partial charge >= 0.3 is 5.97 Å². The van der Waals surface area contributed by atoms with Crippen LogP contribution in [0.5, 0.6) is 0 Å². The highest BCUT2D eigenvalue weighted by Gasteiger charge is 2.15. The number of aromatic nitrogens is 1. The molecule has 5 rings (SSSR count). The van der Waals surface area contributed by atoms with Crippen LogP contribution < -0.4 is 10.2 Å². The van der Waals surface area contributed by atoms with Crippen LogP contribution in [0.1, 0.15) is 27.9 Å². The Morgan fingerprint density at radius 2 is 1.50 bits per heavy atom. The zero-order valence-electron chi connectivity index (χ0n) is 20.7. The van der Waals surface area contributed by atoms with E-state index in [1.54, 1.807) is 23.5 Å². The second kappa shape index (κ2) is 11.7. The molecule has 0 bridgehead atoms. The van der Waals surface area contributed by atoms with Crippen molar-refractivity contribution in [3.05, 3.63) is 119 Å². The van der Waals surface area contributed by atoms with E-state index in [4.69, 9.17) is 10.1 Å². The molecule has 0 spiro atoms. The minimum Gasteiger partial charge on any atom is -0.481 e. The maximum absolute atomic E-state index is 12.3. The summed E-state index contributed by atoms with van der Waals surface area (Å²) in [6.07, 6.45) is -0.104. The fourth-order valence-corrected chi connectivity index (χ4v) is 5.09. The van der Waals surface area contributed by atoms with E-state index >= 15 is 0 Å². The maximum Gasteiger partial charge on any atom is 0.305 e. The van der Waals surface area contributed by atoms with Crippen molar-refractivity contribution in [2.45, 2.75) is 19.5 Å². The van der Waals surface area contributed by atoms with Gasteiger partial charge in [0.2, 0.25) is 0 Å². The van der Waals surface area contributed by atoms with Gasteiger partial charge in [-0.05, 0) is 40.1 Å². The number of thiazole rings is 1. The lowest BCUT2D eigenvalue weighted by molar-refractivity contribution is -0.136. The number of nitrogens with zero attached hydrogens (tertiary/aromatic N) is 2. The summed E-state index contributed by atoms with van der Waals surface area (Å²) >= 11 is 1.62. The number of anilines is 1. The molecular weight excluding hydrogens is 494 g/mol. The predicted molar refractivity (Wildman–Crippen MR) is 152 cm³/mol. The molecule has 1 heterocycles. The minimum absolute atomic E-state index is 0.102. The van der Waals surface area contributed by atoms with Gasteiger partial charge in [-0.15, -0.1) is 11.3 Å². The molecule has 1 amide bonds. The molecule has 2 N–H and O–H groups in total. The van der Waals surface area contributed by atoms with Crippen molar-refractivity contribution >= 4 is 39.1 Å². The van der Waals surface area contributed by atoms with Gasteiger partial charge in [-0.25, -0.2) is 4.98 Å². The van der Waals surface area contributed by atoms with Crippen molar-refractivity contribution in [3.63, 3.8) is 0 Å². The SMILES string of the molecule is O=C(O)CCNC(=O)c1ccc(CN(Cc2ccccc2)c2nc(-c3ccc4ccccc4c3)cs2)cc1. The topological polar surface area (TPSA) is 82.5 Å². The summed E-state index contributed by atoms with van der Waals surface area (Å²) in [5, 5.41) is 16.8. The van der Waals surface area contributed by atoms with Crippen LogP contribution in [0.25, 0.3) is 22.0 Å². The van der Waals surface area contributed by atoms with Crippen LogP contribution >= 0.6 is 11.3 Å². The molecule has 38 heavy (non-hydrogen) atoms. The molecule has 0 saturated carbocycles. The number of carboxylic acid groups (broad SMARTS) is 1. The Labute approximate surface area is 225 Å². The number of rotatable bonds is 10. The molecular formula is C31H27N3O3S. The molecule has 6 nitrogen and oxygen atoms in total. The van der Waals surface area contributed by atoms with Crippen LogP contribution in [-0.2, 0) is 17.9 Å². The molecule has 0 aliphatic heterocycles. The first-order valence-electron chi connectivity index (χ1n) is 12.4. The summed E-state index contributed by atoms with van der Waals surface area (Å²) in [5.41, 5.74) is 4.77. The number of carbonyl (C=O) groups is 2. The molecule has 0 atom stereocenters. The highest BCUT2D eigenvalue weighted by Crippen LogP contribution is 2.31. The largest absolute Gasteiger partial charge is 0.481 e. The van der Waals surface area contributed by atoms with Gasteiger partial charge < -0.3 is 15.3 Å². The number of fused-ring (bicyclic) bond motifs is 1. The smallest absolute Gasteiger partial charge is 0.305 e. The van der Waals surface area contributed by atoms with Gasteiger partial charge in [0.05, 0.1) is 12.1 Å². The lowest BCUT2D eigenvalue weighted by Crippen LogP contribution is -2.26. The molecule has 7 heteroatoms. The lowest BCUT2D eigenvalue weighted by atomic mass is 10.1. The third-order valence-electron chi connectivity index (χ3n) is 6.24. The van der Waals surface area contributed by atoms with Crippen molar-refractivity contribution in [2.24, 2.45) is 0 Å². The van der Waals surface area contributed by atoms with E-state index in [9.17, 15) is 9.59 Å². The molecule has 0 aliphatic rings. The summed E-state index contributed by atoms with van der Waals surface area (Å²) in [4.78, 5) is 30.3. The van der Waals surface area contributed by atoms with Crippen molar-refractivity contribution in [1.82, 2.24) is 10.3 Å². The van der Waals surface area contributed by atoms with Gasteiger partial charge in [0.25, 0.3) is 5.91 Å². The van der Waals surface area contributed by atoms with Crippen LogP contribution in [0, 0.1) is 0 Å². The molecule has 190 valence electrons. The number of nitrogens with one attached hydrogen (secondary N) is 1. The number of amides is 1. The Kier molecular flexibility index (Phi) is 7.75. The van der Waals surface area contributed by atoms with Gasteiger partial charge in [-0.3, -0.25) is 9.59 Å². The molecule has 0 saturated heterocycles. The summed E-state index contributed by atoms with van der Waals surface area (Å²) in [5.74, 6) is -1.22. The molecule has 0 aliphatic carbocycles. The summed E-state index contributed by atoms with van der Waals surface area (Å²) in [6, 6.07) is 32.4. The Morgan fingerprint density at radius 3 is 2.24 bits per heavy atom. The van der Waals surface area contributed by atoms with E-state index in [1.165, 1.54) is 16.3 Å². The second-order valence-corrected chi connectivity index (χ2v) is 9.85. The van der Waals surface area contributed by atoms with E-state index in [2.05, 4.69) is 58.1 Å². The van der Waals surface area contributed by atoms with Crippen LogP contribution in [-0.4, -0.2) is 28.5 Å². The van der Waals surface area contributed by atoms with E-state index in [-0.39, 0.29) is 18.9 Å². The average Bonchev–Trinajstić information content (AvgIpc) is 3.44. The fourth-order valence-electron chi connectivity index (χ4n) is 4.25. The third-order valence-corrected chi connectivity index (χ3v) is 7.14. The maximum atomic E-state index is 12.3. The van der Waals surface area contributed by atoms with Crippen molar-refractivity contribution < 1.29 is 14.7 Å². The van der Waals surface area contributed by atoms with Gasteiger partial charge in [0.1, 0.15) is 0 Å². The number of hydrogen-bond acceptors (Lipinski definition) is 5. The molecule has 0 unspecified atom stereocenters. The number of carboxylic acids is 1. The summed E-state index contributed by atoms with van der Waals surface area (Å²) in [7, 11) is 0. The van der Waals surface area contributed by atoms with Crippen LogP contribution in [0.15, 0.2) is 102 Å². The number of aliphatic carboxylic acids is 1. The molecule has 0 fully saturated rings. The summed E-state index contributed by atoms with van der Waals surface area (Å²) in [6.45, 7) is 1.42. The van der Waals surface area contributed by atoms with Crippen LogP contribution in [0.2, 0.25) is 0 Å². The van der Waals surface area contributed by atoms with Crippen molar-refractivity contribution in [2.75, 3.05) is 11.4 Å². The zero-order chi connectivity index (χ0) is 26.3. The average molecular weight is 522 g/mol. The first kappa shape index (κ1) is 25.2. The third kappa shape index (κ3) is 6.25. The highest BCUT2D eigenvalue weighted by molar-refractivity contribution is 7.14. The Balaban J connectivity index is 1.36. The van der Waals surface area contributed by atoms with E-state index in [1.807, 2.05) is 42.5 Å². The van der Waals surface area contributed by atoms with Crippen LogP contribution in [0.3, 0.4) is 0 Å². The normalized spacial score (nSPS) is 10.8. The standard InChI is InChI=1S/C31H27N3O3S/c35-29(36)16-17-32-30(37)25-12-10-23(11-13-25)20-34(19-22-6-2-1-3-7-22)31-33-28(21-38-31)27-15-14-24-8-4-5-9-26(24)18-27/h1-15,18,21H,16-17,19-20H2,(H,32,37)(H,35,36). The van der Waals surface area contributed by atoms with Crippen molar-refractivity contribution in [1.29, 1.82) is 0 Å². The lowest BCUT2D eigenvalue weighted by Gasteiger charge is -2.22. The van der Waals surface area contributed by atoms with E-state index < -0.39 is 5.97 Å². The Hall–Kier alpha value is -4.49.